The van der Waals surface area contributed by atoms with Gasteiger partial charge in [-0.2, -0.15) is 0 Å². The van der Waals surface area contributed by atoms with Crippen LogP contribution in [-0.2, 0) is 23.8 Å². The third-order valence-electron chi connectivity index (χ3n) is 2.62. The number of hydrogen-bond acceptors (Lipinski definition) is 7. The molecule has 1 aromatic rings. The van der Waals surface area contributed by atoms with Gasteiger partial charge in [0, 0.05) is 18.0 Å². The van der Waals surface area contributed by atoms with E-state index in [2.05, 4.69) is 9.47 Å². The summed E-state index contributed by atoms with van der Waals surface area (Å²) in [6.07, 6.45) is -1.69. The molecule has 0 bridgehead atoms. The van der Waals surface area contributed by atoms with Crippen molar-refractivity contribution >= 4 is 52.2 Å². The molecule has 0 saturated heterocycles. The Balaban J connectivity index is 2.42. The molecule has 0 fully saturated rings. The lowest BCUT2D eigenvalue weighted by atomic mass is 10.3. The summed E-state index contributed by atoms with van der Waals surface area (Å²) in [6.45, 7) is 1.70. The van der Waals surface area contributed by atoms with Gasteiger partial charge in [-0.25, -0.2) is 9.59 Å². The van der Waals surface area contributed by atoms with Crippen LogP contribution in [0.25, 0.3) is 0 Å². The molecule has 0 aliphatic rings. The summed E-state index contributed by atoms with van der Waals surface area (Å²) in [5.41, 5.74) is -1.30. The molecule has 0 saturated carbocycles. The van der Waals surface area contributed by atoms with Crippen LogP contribution in [0.3, 0.4) is 0 Å². The summed E-state index contributed by atoms with van der Waals surface area (Å²) in [4.78, 5) is 33.9. The first kappa shape index (κ1) is 21.3. The Bertz CT molecular complexity index is 621. The van der Waals surface area contributed by atoms with Gasteiger partial charge in [0.2, 0.25) is 0 Å². The van der Waals surface area contributed by atoms with Gasteiger partial charge in [-0.05, 0) is 25.5 Å². The van der Waals surface area contributed by atoms with Crippen molar-refractivity contribution in [3.05, 3.63) is 28.2 Å². The van der Waals surface area contributed by atoms with E-state index in [9.17, 15) is 14.4 Å². The van der Waals surface area contributed by atoms with Crippen LogP contribution in [-0.4, -0.2) is 36.9 Å². The predicted molar refractivity (Wildman–Crippen MR) is 90.0 cm³/mol. The van der Waals surface area contributed by atoms with Crippen LogP contribution >= 0.6 is 34.8 Å². The van der Waals surface area contributed by atoms with Crippen molar-refractivity contribution in [3.63, 3.8) is 0 Å². The normalized spacial score (nSPS) is 11.4. The van der Waals surface area contributed by atoms with E-state index < -0.39 is 23.7 Å². The molecule has 1 rings (SSSR count). The molecule has 0 heterocycles. The molecular formula is C15H15Cl3O7. The van der Waals surface area contributed by atoms with Crippen molar-refractivity contribution < 1.29 is 33.3 Å². The zero-order valence-electron chi connectivity index (χ0n) is 13.1. The van der Waals surface area contributed by atoms with Gasteiger partial charge in [-0.15, -0.1) is 0 Å². The monoisotopic (exact) mass is 412 g/mol. The van der Waals surface area contributed by atoms with E-state index >= 15 is 0 Å². The topological polar surface area (TPSA) is 88.1 Å². The Kier molecular flexibility index (Phi) is 9.41. The van der Waals surface area contributed by atoms with Gasteiger partial charge in [0.1, 0.15) is 10.8 Å². The van der Waals surface area contributed by atoms with Crippen molar-refractivity contribution in [1.82, 2.24) is 0 Å². The van der Waals surface area contributed by atoms with Crippen molar-refractivity contribution in [3.8, 4) is 5.75 Å². The molecule has 0 spiro atoms. The highest BCUT2D eigenvalue weighted by molar-refractivity contribution is 6.61. The minimum absolute atomic E-state index is 0.0148. The van der Waals surface area contributed by atoms with Gasteiger partial charge < -0.3 is 18.9 Å². The second-order valence-corrected chi connectivity index (χ2v) is 5.53. The third kappa shape index (κ3) is 7.81. The highest BCUT2D eigenvalue weighted by Crippen LogP contribution is 2.31. The zero-order valence-corrected chi connectivity index (χ0v) is 15.4. The number of rotatable bonds is 9. The molecule has 0 aromatic heterocycles. The molecule has 1 aromatic carbocycles. The number of carbonyl (C=O) groups excluding carboxylic acids is 3. The molecule has 1 atom stereocenters. The van der Waals surface area contributed by atoms with Crippen LogP contribution in [0.15, 0.2) is 18.2 Å². The maximum atomic E-state index is 11.7. The average Bonchev–Trinajstić information content (AvgIpc) is 2.54. The summed E-state index contributed by atoms with van der Waals surface area (Å²) in [6, 6.07) is 4.91. The van der Waals surface area contributed by atoms with Crippen LogP contribution in [0.5, 0.6) is 5.75 Å². The van der Waals surface area contributed by atoms with Gasteiger partial charge in [-0.3, -0.25) is 4.79 Å². The van der Waals surface area contributed by atoms with Crippen LogP contribution in [0.1, 0.15) is 19.8 Å². The van der Waals surface area contributed by atoms with Gasteiger partial charge >= 0.3 is 23.7 Å². The fourth-order valence-electron chi connectivity index (χ4n) is 1.59. The van der Waals surface area contributed by atoms with Crippen LogP contribution < -0.4 is 4.74 Å². The summed E-state index contributed by atoms with van der Waals surface area (Å²) >= 11 is 16.8. The van der Waals surface area contributed by atoms with Crippen LogP contribution in [0.4, 0.5) is 4.79 Å². The number of esters is 2. The molecule has 0 aliphatic heterocycles. The quantitative estimate of drug-likeness (QED) is 0.262. The summed E-state index contributed by atoms with van der Waals surface area (Å²) < 4.78 is 19.1. The van der Waals surface area contributed by atoms with E-state index in [4.69, 9.17) is 44.3 Å². The largest absolute Gasteiger partial charge is 0.492 e. The van der Waals surface area contributed by atoms with E-state index in [0.717, 1.165) is 0 Å². The number of halogens is 3. The molecule has 0 radical (unpaired) electrons. The zero-order chi connectivity index (χ0) is 18.8. The summed E-state index contributed by atoms with van der Waals surface area (Å²) in [7, 11) is 0. The summed E-state index contributed by atoms with van der Waals surface area (Å²) in [5.74, 6) is -1.45. The fraction of sp³-hybridized carbons (Fsp3) is 0.400. The Hall–Kier alpha value is -1.70. The van der Waals surface area contributed by atoms with Gasteiger partial charge in [-0.1, -0.05) is 29.3 Å². The van der Waals surface area contributed by atoms with E-state index in [1.54, 1.807) is 18.2 Å². The molecule has 0 amide bonds. The lowest BCUT2D eigenvalue weighted by molar-refractivity contribution is -0.189. The number of hydrogen-bond donors (Lipinski definition) is 0. The second kappa shape index (κ2) is 11.0. The van der Waals surface area contributed by atoms with E-state index in [1.165, 1.54) is 6.92 Å². The van der Waals surface area contributed by atoms with Gasteiger partial charge in [0.25, 0.3) is 0 Å². The van der Waals surface area contributed by atoms with E-state index in [-0.39, 0.29) is 31.1 Å². The molecule has 10 heteroatoms. The molecule has 1 unspecified atom stereocenters. The molecule has 7 nitrogen and oxygen atoms in total. The molecular weight excluding hydrogens is 399 g/mol. The van der Waals surface area contributed by atoms with Crippen LogP contribution in [0, 0.1) is 0 Å². The SMILES string of the molecule is CCOC(=O)C(OC(=O)Cl)OC(=O)CCCOc1cccc(Cl)c1Cl. The fourth-order valence-corrected chi connectivity index (χ4v) is 2.01. The van der Waals surface area contributed by atoms with Crippen molar-refractivity contribution in [1.29, 1.82) is 0 Å². The van der Waals surface area contributed by atoms with Crippen LogP contribution in [0.2, 0.25) is 10.0 Å². The molecule has 25 heavy (non-hydrogen) atoms. The van der Waals surface area contributed by atoms with Gasteiger partial charge in [0.05, 0.1) is 18.2 Å². The minimum atomic E-state index is -1.85. The predicted octanol–water partition coefficient (Wildman–Crippen LogP) is 3.96. The maximum Gasteiger partial charge on any atom is 0.407 e. The Morgan fingerprint density at radius 2 is 1.88 bits per heavy atom. The van der Waals surface area contributed by atoms with Crippen molar-refractivity contribution in [2.24, 2.45) is 0 Å². The van der Waals surface area contributed by atoms with Crippen molar-refractivity contribution in [2.45, 2.75) is 26.1 Å². The standard InChI is InChI=1S/C15H15Cl3O7/c1-2-22-13(20)14(25-15(18)21)24-11(19)7-4-8-23-10-6-3-5-9(16)12(10)17/h3,5-6,14H,2,4,7-8H2,1H3. The first-order valence-corrected chi connectivity index (χ1v) is 8.27. The van der Waals surface area contributed by atoms with E-state index in [1.807, 2.05) is 0 Å². The Morgan fingerprint density at radius 3 is 2.52 bits per heavy atom. The highest BCUT2D eigenvalue weighted by atomic mass is 35.5. The number of benzene rings is 1. The lowest BCUT2D eigenvalue weighted by Crippen LogP contribution is -2.32. The first-order valence-electron chi connectivity index (χ1n) is 7.14. The smallest absolute Gasteiger partial charge is 0.407 e. The second-order valence-electron chi connectivity index (χ2n) is 4.43. The van der Waals surface area contributed by atoms with E-state index in [0.29, 0.717) is 10.8 Å². The Labute approximate surface area is 159 Å². The average molecular weight is 414 g/mol. The van der Waals surface area contributed by atoms with Crippen molar-refractivity contribution in [2.75, 3.05) is 13.2 Å². The molecule has 138 valence electrons. The minimum Gasteiger partial charge on any atom is -0.492 e. The number of ether oxygens (including phenoxy) is 4. The number of carbonyl (C=O) groups is 3. The lowest BCUT2D eigenvalue weighted by Gasteiger charge is -2.15. The maximum absolute atomic E-state index is 11.7. The first-order chi connectivity index (χ1) is 11.8. The summed E-state index contributed by atoms with van der Waals surface area (Å²) in [5, 5.41) is 0.613. The third-order valence-corrected chi connectivity index (χ3v) is 3.51. The highest BCUT2D eigenvalue weighted by Gasteiger charge is 2.27. The molecule has 0 aliphatic carbocycles. The Morgan fingerprint density at radius 1 is 1.16 bits per heavy atom. The molecule has 0 N–H and O–H groups in total. The van der Waals surface area contributed by atoms with Gasteiger partial charge in [0.15, 0.2) is 0 Å².